The molecule has 1 saturated heterocycles. The number of nitrogens with two attached hydrogens (primary N) is 1. The lowest BCUT2D eigenvalue weighted by molar-refractivity contribution is -0.134. The third kappa shape index (κ3) is 3.33. The molecule has 2 aromatic heterocycles. The average molecular weight is 407 g/mol. The second-order valence-corrected chi connectivity index (χ2v) is 7.82. The van der Waals surface area contributed by atoms with E-state index >= 15 is 0 Å². The van der Waals surface area contributed by atoms with Crippen molar-refractivity contribution in [1.82, 2.24) is 19.0 Å². The Morgan fingerprint density at radius 1 is 1.13 bits per heavy atom. The summed E-state index contributed by atoms with van der Waals surface area (Å²) in [6.07, 6.45) is 3.27. The van der Waals surface area contributed by atoms with Gasteiger partial charge in [-0.05, 0) is 30.0 Å². The first-order valence-electron chi connectivity index (χ1n) is 10.0. The summed E-state index contributed by atoms with van der Waals surface area (Å²) in [6, 6.07) is 10.4. The first-order valence-corrected chi connectivity index (χ1v) is 10.0. The number of aryl methyl sites for hydroxylation is 1. The van der Waals surface area contributed by atoms with Gasteiger partial charge in [-0.2, -0.15) is 0 Å². The van der Waals surface area contributed by atoms with Crippen molar-refractivity contribution in [2.75, 3.05) is 13.1 Å². The third-order valence-corrected chi connectivity index (χ3v) is 5.97. The predicted octanol–water partition coefficient (Wildman–Crippen LogP) is 1.04. The fourth-order valence-electron chi connectivity index (χ4n) is 4.28. The Morgan fingerprint density at radius 3 is 2.60 bits per heavy atom. The van der Waals surface area contributed by atoms with Gasteiger partial charge in [-0.1, -0.05) is 30.3 Å². The predicted molar refractivity (Wildman–Crippen MR) is 114 cm³/mol. The van der Waals surface area contributed by atoms with Crippen molar-refractivity contribution >= 4 is 16.9 Å². The largest absolute Gasteiger partial charge is 0.340 e. The lowest BCUT2D eigenvalue weighted by Gasteiger charge is -2.35. The van der Waals surface area contributed by atoms with Gasteiger partial charge in [0.1, 0.15) is 11.7 Å². The number of benzene rings is 1. The SMILES string of the molecule is Cn1c(=O)c2c([C@H]3CCCN(C(=O)[C@@H](N)c4ccccc4)C3)ccnc2n(C)c1=O. The van der Waals surface area contributed by atoms with E-state index in [2.05, 4.69) is 4.98 Å². The van der Waals surface area contributed by atoms with Gasteiger partial charge in [0.05, 0.1) is 5.39 Å². The van der Waals surface area contributed by atoms with Crippen LogP contribution in [0.2, 0.25) is 0 Å². The highest BCUT2D eigenvalue weighted by atomic mass is 16.2. The van der Waals surface area contributed by atoms with Gasteiger partial charge in [0.2, 0.25) is 5.91 Å². The minimum absolute atomic E-state index is 0.0265. The Bertz CT molecular complexity index is 1220. The van der Waals surface area contributed by atoms with Crippen LogP contribution in [0.15, 0.2) is 52.2 Å². The van der Waals surface area contributed by atoms with E-state index < -0.39 is 11.7 Å². The summed E-state index contributed by atoms with van der Waals surface area (Å²) in [5.74, 6) is -0.147. The molecule has 0 radical (unpaired) electrons. The molecule has 0 bridgehead atoms. The molecule has 3 heterocycles. The van der Waals surface area contributed by atoms with Crippen molar-refractivity contribution in [3.8, 4) is 0 Å². The Labute approximate surface area is 173 Å². The highest BCUT2D eigenvalue weighted by molar-refractivity contribution is 5.83. The number of aromatic nitrogens is 3. The average Bonchev–Trinajstić information content (AvgIpc) is 2.80. The van der Waals surface area contributed by atoms with Gasteiger partial charge in [0, 0.05) is 39.3 Å². The van der Waals surface area contributed by atoms with Crippen molar-refractivity contribution in [3.05, 3.63) is 74.6 Å². The molecule has 30 heavy (non-hydrogen) atoms. The van der Waals surface area contributed by atoms with Gasteiger partial charge in [-0.15, -0.1) is 0 Å². The maximum absolute atomic E-state index is 13.0. The van der Waals surface area contributed by atoms with Crippen LogP contribution in [0.3, 0.4) is 0 Å². The van der Waals surface area contributed by atoms with Crippen LogP contribution in [0.5, 0.6) is 0 Å². The molecule has 1 aromatic carbocycles. The number of piperidine rings is 1. The Balaban J connectivity index is 1.69. The van der Waals surface area contributed by atoms with Gasteiger partial charge >= 0.3 is 5.69 Å². The number of carbonyl (C=O) groups is 1. The van der Waals surface area contributed by atoms with E-state index in [4.69, 9.17) is 5.73 Å². The zero-order valence-electron chi connectivity index (χ0n) is 17.1. The van der Waals surface area contributed by atoms with Crippen LogP contribution in [0, 0.1) is 0 Å². The lowest BCUT2D eigenvalue weighted by Crippen LogP contribution is -2.44. The second-order valence-electron chi connectivity index (χ2n) is 7.82. The van der Waals surface area contributed by atoms with E-state index in [1.807, 2.05) is 36.4 Å². The zero-order valence-corrected chi connectivity index (χ0v) is 17.1. The van der Waals surface area contributed by atoms with E-state index in [0.717, 1.165) is 28.5 Å². The molecule has 0 aliphatic carbocycles. The smallest absolute Gasteiger partial charge is 0.332 e. The van der Waals surface area contributed by atoms with Gasteiger partial charge in [0.25, 0.3) is 5.56 Å². The minimum Gasteiger partial charge on any atom is -0.340 e. The number of nitrogens with zero attached hydrogens (tertiary/aromatic N) is 4. The lowest BCUT2D eigenvalue weighted by atomic mass is 9.89. The van der Waals surface area contributed by atoms with Crippen LogP contribution in [0.1, 0.15) is 35.9 Å². The van der Waals surface area contributed by atoms with Crippen LogP contribution < -0.4 is 17.0 Å². The van der Waals surface area contributed by atoms with Gasteiger partial charge in [-0.3, -0.25) is 18.7 Å². The summed E-state index contributed by atoms with van der Waals surface area (Å²) in [5.41, 5.74) is 7.43. The van der Waals surface area contributed by atoms with Crippen molar-refractivity contribution in [2.45, 2.75) is 24.8 Å². The molecule has 0 unspecified atom stereocenters. The topological polar surface area (TPSA) is 103 Å². The molecule has 2 N–H and O–H groups in total. The Morgan fingerprint density at radius 2 is 1.87 bits per heavy atom. The maximum atomic E-state index is 13.0. The highest BCUT2D eigenvalue weighted by Gasteiger charge is 2.30. The first-order chi connectivity index (χ1) is 14.4. The normalized spacial score (nSPS) is 17.8. The standard InChI is InChI=1S/C22H25N5O3/c1-25-19-17(20(28)26(2)22(25)30)16(10-11-24-19)15-9-6-12-27(13-15)21(29)18(23)14-7-4-3-5-8-14/h3-5,7-8,10-11,15,18H,6,9,12-13,23H2,1-2H3/t15-,18-/m0/s1. The molecule has 2 atom stereocenters. The number of carbonyl (C=O) groups excluding carboxylic acids is 1. The fraction of sp³-hybridized carbons (Fsp3) is 0.364. The van der Waals surface area contributed by atoms with E-state index in [0.29, 0.717) is 24.1 Å². The molecule has 1 aliphatic rings. The number of pyridine rings is 1. The zero-order chi connectivity index (χ0) is 21.4. The number of rotatable bonds is 3. The van der Waals surface area contributed by atoms with Crippen LogP contribution in [0.4, 0.5) is 0 Å². The summed E-state index contributed by atoms with van der Waals surface area (Å²) >= 11 is 0. The molecule has 156 valence electrons. The molecular formula is C22H25N5O3. The summed E-state index contributed by atoms with van der Waals surface area (Å²) in [5, 5.41) is 0.439. The summed E-state index contributed by atoms with van der Waals surface area (Å²) in [6.45, 7) is 1.11. The van der Waals surface area contributed by atoms with Crippen LogP contribution in [0.25, 0.3) is 11.0 Å². The van der Waals surface area contributed by atoms with Crippen molar-refractivity contribution in [2.24, 2.45) is 19.8 Å². The maximum Gasteiger partial charge on any atom is 0.332 e. The molecule has 3 aromatic rings. The highest BCUT2D eigenvalue weighted by Crippen LogP contribution is 2.30. The van der Waals surface area contributed by atoms with Crippen molar-refractivity contribution in [3.63, 3.8) is 0 Å². The monoisotopic (exact) mass is 407 g/mol. The molecular weight excluding hydrogens is 382 g/mol. The van der Waals surface area contributed by atoms with Gasteiger partial charge in [0.15, 0.2) is 0 Å². The summed E-state index contributed by atoms with van der Waals surface area (Å²) < 4.78 is 2.49. The summed E-state index contributed by atoms with van der Waals surface area (Å²) in [7, 11) is 3.08. The van der Waals surface area contributed by atoms with Gasteiger partial charge < -0.3 is 10.6 Å². The second kappa shape index (κ2) is 7.87. The first kappa shape index (κ1) is 20.0. The number of hydrogen-bond donors (Lipinski definition) is 1. The van der Waals surface area contributed by atoms with Crippen LogP contribution >= 0.6 is 0 Å². The molecule has 1 fully saturated rings. The molecule has 8 heteroatoms. The van der Waals surface area contributed by atoms with E-state index in [9.17, 15) is 14.4 Å². The van der Waals surface area contributed by atoms with E-state index in [-0.39, 0.29) is 17.4 Å². The van der Waals surface area contributed by atoms with E-state index in [1.54, 1.807) is 18.1 Å². The summed E-state index contributed by atoms with van der Waals surface area (Å²) in [4.78, 5) is 44.2. The Hall–Kier alpha value is -3.26. The third-order valence-electron chi connectivity index (χ3n) is 5.97. The van der Waals surface area contributed by atoms with Crippen LogP contribution in [-0.2, 0) is 18.9 Å². The molecule has 4 rings (SSSR count). The molecule has 0 spiro atoms. The van der Waals surface area contributed by atoms with E-state index in [1.165, 1.54) is 11.6 Å². The Kier molecular flexibility index (Phi) is 5.26. The fourth-order valence-corrected chi connectivity index (χ4v) is 4.28. The number of fused-ring (bicyclic) bond motifs is 1. The molecule has 1 aliphatic heterocycles. The minimum atomic E-state index is -0.715. The quantitative estimate of drug-likeness (QED) is 0.699. The van der Waals surface area contributed by atoms with Gasteiger partial charge in [-0.25, -0.2) is 9.78 Å². The van der Waals surface area contributed by atoms with Crippen molar-refractivity contribution < 1.29 is 4.79 Å². The number of hydrogen-bond acceptors (Lipinski definition) is 5. The molecule has 0 saturated carbocycles. The molecule has 1 amide bonds. The number of likely N-dealkylation sites (tertiary alicyclic amines) is 1. The van der Waals surface area contributed by atoms with Crippen LogP contribution in [-0.4, -0.2) is 38.0 Å². The molecule has 8 nitrogen and oxygen atoms in total. The van der Waals surface area contributed by atoms with Crippen molar-refractivity contribution in [1.29, 1.82) is 0 Å². The number of amides is 1.